The van der Waals surface area contributed by atoms with Crippen molar-refractivity contribution in [2.24, 2.45) is 0 Å². The van der Waals surface area contributed by atoms with E-state index in [1.807, 2.05) is 19.2 Å². The molecule has 106 valence electrons. The van der Waals surface area contributed by atoms with E-state index in [1.54, 1.807) is 0 Å². The predicted molar refractivity (Wildman–Crippen MR) is 78.6 cm³/mol. The maximum atomic E-state index is 12.2. The second-order valence-electron chi connectivity index (χ2n) is 4.93. The molecule has 6 heteroatoms. The van der Waals surface area contributed by atoms with Gasteiger partial charge in [-0.1, -0.05) is 6.92 Å². The van der Waals surface area contributed by atoms with Crippen molar-refractivity contribution in [3.05, 3.63) is 11.1 Å². The van der Waals surface area contributed by atoms with Gasteiger partial charge in [0.15, 0.2) is 5.13 Å². The standard InChI is InChI=1S/C13H22N4OS/c1-4-16-5-7-17(8-6-16)11(3)12(18)15-13-14-10(2)9-19-13/h9,11H,4-8H2,1-3H3,(H,14,15,18)/t11-/m1/s1. The highest BCUT2D eigenvalue weighted by Crippen LogP contribution is 2.15. The van der Waals surface area contributed by atoms with Gasteiger partial charge in [0, 0.05) is 31.6 Å². The van der Waals surface area contributed by atoms with Crippen LogP contribution in [0.4, 0.5) is 5.13 Å². The van der Waals surface area contributed by atoms with Gasteiger partial charge in [0.25, 0.3) is 0 Å². The van der Waals surface area contributed by atoms with Crippen molar-refractivity contribution in [1.29, 1.82) is 0 Å². The molecule has 0 unspecified atom stereocenters. The lowest BCUT2D eigenvalue weighted by Gasteiger charge is -2.36. The van der Waals surface area contributed by atoms with Crippen LogP contribution in [0.3, 0.4) is 0 Å². The molecule has 1 aromatic rings. The Morgan fingerprint density at radius 2 is 2.16 bits per heavy atom. The fourth-order valence-electron chi connectivity index (χ4n) is 2.25. The van der Waals surface area contributed by atoms with Gasteiger partial charge < -0.3 is 10.2 Å². The summed E-state index contributed by atoms with van der Waals surface area (Å²) in [6.45, 7) is 11.2. The van der Waals surface area contributed by atoms with Crippen LogP contribution in [0.2, 0.25) is 0 Å². The number of thiazole rings is 1. The minimum Gasteiger partial charge on any atom is -0.301 e. The van der Waals surface area contributed by atoms with Crippen LogP contribution in [0, 0.1) is 6.92 Å². The van der Waals surface area contributed by atoms with E-state index in [4.69, 9.17) is 0 Å². The molecule has 0 aromatic carbocycles. The maximum Gasteiger partial charge on any atom is 0.243 e. The molecule has 5 nitrogen and oxygen atoms in total. The zero-order valence-electron chi connectivity index (χ0n) is 11.8. The van der Waals surface area contributed by atoms with Gasteiger partial charge in [0.2, 0.25) is 5.91 Å². The summed E-state index contributed by atoms with van der Waals surface area (Å²) in [5, 5.41) is 5.54. The predicted octanol–water partition coefficient (Wildman–Crippen LogP) is 1.42. The molecule has 19 heavy (non-hydrogen) atoms. The smallest absolute Gasteiger partial charge is 0.243 e. The number of carbonyl (C=O) groups is 1. The highest BCUT2D eigenvalue weighted by Gasteiger charge is 2.25. The SMILES string of the molecule is CCN1CCN([C@H](C)C(=O)Nc2nc(C)cs2)CC1. The number of rotatable bonds is 4. The number of nitrogens with zero attached hydrogens (tertiary/aromatic N) is 3. The van der Waals surface area contributed by atoms with E-state index < -0.39 is 0 Å². The fourth-order valence-corrected chi connectivity index (χ4v) is 2.95. The molecule has 0 radical (unpaired) electrons. The molecular formula is C13H22N4OS. The van der Waals surface area contributed by atoms with Crippen LogP contribution >= 0.6 is 11.3 Å². The largest absolute Gasteiger partial charge is 0.301 e. The van der Waals surface area contributed by atoms with Crippen LogP contribution in [0.1, 0.15) is 19.5 Å². The molecule has 1 aliphatic rings. The summed E-state index contributed by atoms with van der Waals surface area (Å²) < 4.78 is 0. The average molecular weight is 282 g/mol. The molecule has 0 spiro atoms. The molecule has 0 bridgehead atoms. The van der Waals surface area contributed by atoms with Crippen LogP contribution in [-0.2, 0) is 4.79 Å². The third-order valence-corrected chi connectivity index (χ3v) is 4.51. The third kappa shape index (κ3) is 3.75. The molecule has 1 fully saturated rings. The first kappa shape index (κ1) is 14.4. The second kappa shape index (κ2) is 6.45. The minimum atomic E-state index is -0.0942. The number of carbonyl (C=O) groups excluding carboxylic acids is 1. The molecule has 1 amide bonds. The zero-order chi connectivity index (χ0) is 13.8. The van der Waals surface area contributed by atoms with E-state index in [0.29, 0.717) is 5.13 Å². The van der Waals surface area contributed by atoms with Gasteiger partial charge >= 0.3 is 0 Å². The Bertz CT molecular complexity index is 426. The quantitative estimate of drug-likeness (QED) is 0.907. The van der Waals surface area contributed by atoms with Gasteiger partial charge in [-0.05, 0) is 20.4 Å². The Balaban J connectivity index is 1.85. The molecular weight excluding hydrogens is 260 g/mol. The molecule has 0 aliphatic carbocycles. The number of hydrogen-bond donors (Lipinski definition) is 1. The first-order valence-electron chi connectivity index (χ1n) is 6.79. The van der Waals surface area contributed by atoms with Crippen molar-refractivity contribution >= 4 is 22.4 Å². The topological polar surface area (TPSA) is 48.5 Å². The summed E-state index contributed by atoms with van der Waals surface area (Å²) in [6, 6.07) is -0.0942. The first-order valence-corrected chi connectivity index (χ1v) is 7.67. The average Bonchev–Trinajstić information content (AvgIpc) is 2.83. The van der Waals surface area contributed by atoms with Crippen molar-refractivity contribution in [3.63, 3.8) is 0 Å². The number of hydrogen-bond acceptors (Lipinski definition) is 5. The molecule has 1 atom stereocenters. The lowest BCUT2D eigenvalue weighted by molar-refractivity contribution is -0.121. The molecule has 1 aromatic heterocycles. The second-order valence-corrected chi connectivity index (χ2v) is 5.79. The molecule has 2 heterocycles. The highest BCUT2D eigenvalue weighted by molar-refractivity contribution is 7.13. The van der Waals surface area contributed by atoms with Gasteiger partial charge in [-0.3, -0.25) is 9.69 Å². The summed E-state index contributed by atoms with van der Waals surface area (Å²) in [6.07, 6.45) is 0. The Morgan fingerprint density at radius 1 is 1.47 bits per heavy atom. The summed E-state index contributed by atoms with van der Waals surface area (Å²) in [5.74, 6) is 0.0410. The molecule has 1 aliphatic heterocycles. The van der Waals surface area contributed by atoms with E-state index in [1.165, 1.54) is 11.3 Å². The monoisotopic (exact) mass is 282 g/mol. The van der Waals surface area contributed by atoms with E-state index in [9.17, 15) is 4.79 Å². The van der Waals surface area contributed by atoms with Crippen molar-refractivity contribution in [3.8, 4) is 0 Å². The maximum absolute atomic E-state index is 12.2. The number of amides is 1. The number of nitrogens with one attached hydrogen (secondary N) is 1. The molecule has 0 saturated carbocycles. The fraction of sp³-hybridized carbons (Fsp3) is 0.692. The summed E-state index contributed by atoms with van der Waals surface area (Å²) in [5.41, 5.74) is 0.949. The van der Waals surface area contributed by atoms with Gasteiger partial charge in [0.1, 0.15) is 0 Å². The summed E-state index contributed by atoms with van der Waals surface area (Å²) in [7, 11) is 0. The van der Waals surface area contributed by atoms with E-state index in [-0.39, 0.29) is 11.9 Å². The lowest BCUT2D eigenvalue weighted by atomic mass is 10.2. The Kier molecular flexibility index (Phi) is 4.90. The van der Waals surface area contributed by atoms with E-state index >= 15 is 0 Å². The van der Waals surface area contributed by atoms with Crippen LogP contribution < -0.4 is 5.32 Å². The highest BCUT2D eigenvalue weighted by atomic mass is 32.1. The van der Waals surface area contributed by atoms with Gasteiger partial charge in [-0.25, -0.2) is 4.98 Å². The summed E-state index contributed by atoms with van der Waals surface area (Å²) in [4.78, 5) is 21.1. The number of aryl methyl sites for hydroxylation is 1. The summed E-state index contributed by atoms with van der Waals surface area (Å²) >= 11 is 1.48. The van der Waals surface area contributed by atoms with Gasteiger partial charge in [0.05, 0.1) is 11.7 Å². The molecule has 1 saturated heterocycles. The number of piperazine rings is 1. The lowest BCUT2D eigenvalue weighted by Crippen LogP contribution is -2.52. The van der Waals surface area contributed by atoms with Gasteiger partial charge in [-0.2, -0.15) is 0 Å². The van der Waals surface area contributed by atoms with Crippen LogP contribution in [-0.4, -0.2) is 59.5 Å². The van der Waals surface area contributed by atoms with Gasteiger partial charge in [-0.15, -0.1) is 11.3 Å². The Labute approximate surface area is 118 Å². The van der Waals surface area contributed by atoms with Crippen LogP contribution in [0.5, 0.6) is 0 Å². The Morgan fingerprint density at radius 3 is 2.68 bits per heavy atom. The van der Waals surface area contributed by atoms with Crippen molar-refractivity contribution in [1.82, 2.24) is 14.8 Å². The molecule has 2 rings (SSSR count). The number of anilines is 1. The van der Waals surface area contributed by atoms with Crippen molar-refractivity contribution in [2.45, 2.75) is 26.8 Å². The number of aromatic nitrogens is 1. The third-order valence-electron chi connectivity index (χ3n) is 3.63. The van der Waals surface area contributed by atoms with Crippen LogP contribution in [0.25, 0.3) is 0 Å². The normalized spacial score (nSPS) is 19.3. The minimum absolute atomic E-state index is 0.0410. The molecule has 1 N–H and O–H groups in total. The van der Waals surface area contributed by atoms with Crippen molar-refractivity contribution < 1.29 is 4.79 Å². The van der Waals surface area contributed by atoms with E-state index in [0.717, 1.165) is 38.4 Å². The Hall–Kier alpha value is -0.980. The number of likely N-dealkylation sites (N-methyl/N-ethyl adjacent to an activating group) is 1. The first-order chi connectivity index (χ1) is 9.10. The van der Waals surface area contributed by atoms with E-state index in [2.05, 4.69) is 27.0 Å². The zero-order valence-corrected chi connectivity index (χ0v) is 12.7. The van der Waals surface area contributed by atoms with Crippen LogP contribution in [0.15, 0.2) is 5.38 Å². The van der Waals surface area contributed by atoms with Crippen molar-refractivity contribution in [2.75, 3.05) is 38.0 Å².